The van der Waals surface area contributed by atoms with E-state index < -0.39 is 0 Å². The number of aromatic nitrogens is 1. The van der Waals surface area contributed by atoms with Crippen LogP contribution in [0.2, 0.25) is 5.02 Å². The number of ether oxygens (including phenoxy) is 1. The van der Waals surface area contributed by atoms with Gasteiger partial charge in [-0.25, -0.2) is 4.98 Å². The van der Waals surface area contributed by atoms with Gasteiger partial charge in [-0.1, -0.05) is 17.7 Å². The minimum absolute atomic E-state index is 0.0659. The molecule has 0 saturated carbocycles. The Balaban J connectivity index is 1.43. The Morgan fingerprint density at radius 3 is 2.83 bits per heavy atom. The Hall–Kier alpha value is -2.60. The Morgan fingerprint density at radius 2 is 2.07 bits per heavy atom. The monoisotopic (exact) mass is 415 g/mol. The Bertz CT molecular complexity index is 841. The molecule has 6 nitrogen and oxygen atoms in total. The summed E-state index contributed by atoms with van der Waals surface area (Å²) in [6.07, 6.45) is 4.29. The van der Waals surface area contributed by atoms with Crippen LogP contribution in [0, 0.1) is 12.8 Å². The van der Waals surface area contributed by atoms with Gasteiger partial charge in [-0.05, 0) is 62.1 Å². The van der Waals surface area contributed by atoms with E-state index in [0.29, 0.717) is 43.4 Å². The maximum absolute atomic E-state index is 12.6. The first-order chi connectivity index (χ1) is 14.0. The summed E-state index contributed by atoms with van der Waals surface area (Å²) in [4.78, 5) is 31.2. The molecule has 1 unspecified atom stereocenters. The van der Waals surface area contributed by atoms with Crippen molar-refractivity contribution in [2.24, 2.45) is 5.92 Å². The largest absolute Gasteiger partial charge is 0.494 e. The van der Waals surface area contributed by atoms with Crippen molar-refractivity contribution in [2.45, 2.75) is 32.6 Å². The zero-order valence-electron chi connectivity index (χ0n) is 16.6. The summed E-state index contributed by atoms with van der Waals surface area (Å²) in [5, 5.41) is 3.56. The van der Waals surface area contributed by atoms with E-state index in [9.17, 15) is 9.59 Å². The Morgan fingerprint density at radius 1 is 1.28 bits per heavy atom. The van der Waals surface area contributed by atoms with Crippen LogP contribution in [0.15, 0.2) is 42.6 Å². The second-order valence-corrected chi connectivity index (χ2v) is 7.68. The van der Waals surface area contributed by atoms with Crippen molar-refractivity contribution in [3.63, 3.8) is 0 Å². The summed E-state index contributed by atoms with van der Waals surface area (Å²) in [7, 11) is 0. The van der Waals surface area contributed by atoms with Gasteiger partial charge in [0.2, 0.25) is 11.8 Å². The van der Waals surface area contributed by atoms with Gasteiger partial charge in [-0.3, -0.25) is 9.59 Å². The number of carbonyl (C=O) groups excluding carboxylic acids is 2. The molecule has 1 aliphatic heterocycles. The molecule has 7 heteroatoms. The number of pyridine rings is 1. The number of hydrogen-bond acceptors (Lipinski definition) is 4. The van der Waals surface area contributed by atoms with E-state index in [4.69, 9.17) is 16.3 Å². The number of aryl methyl sites for hydroxylation is 1. The van der Waals surface area contributed by atoms with Crippen molar-refractivity contribution in [3.8, 4) is 5.75 Å². The van der Waals surface area contributed by atoms with Crippen LogP contribution >= 0.6 is 11.6 Å². The first-order valence-electron chi connectivity index (χ1n) is 9.91. The number of anilines is 1. The fourth-order valence-electron chi connectivity index (χ4n) is 3.36. The summed E-state index contributed by atoms with van der Waals surface area (Å²) in [5.41, 5.74) is 0.922. The average molecular weight is 416 g/mol. The fraction of sp³-hybridized carbons (Fsp3) is 0.409. The second-order valence-electron chi connectivity index (χ2n) is 7.24. The third-order valence-electron chi connectivity index (χ3n) is 5.01. The SMILES string of the molecule is Cc1cccnc1NC(=O)C1CCCN(C(=O)CCCOc2ccc(Cl)cc2)C1. The zero-order chi connectivity index (χ0) is 20.6. The molecular formula is C22H26ClN3O3. The van der Waals surface area contributed by atoms with Crippen LogP contribution in [-0.2, 0) is 9.59 Å². The van der Waals surface area contributed by atoms with Gasteiger partial charge in [0, 0.05) is 30.7 Å². The molecule has 154 valence electrons. The molecule has 1 aromatic carbocycles. The first kappa shape index (κ1) is 21.1. The van der Waals surface area contributed by atoms with Crippen LogP contribution < -0.4 is 10.1 Å². The molecule has 3 rings (SSSR count). The van der Waals surface area contributed by atoms with Gasteiger partial charge < -0.3 is 15.0 Å². The molecule has 29 heavy (non-hydrogen) atoms. The maximum atomic E-state index is 12.6. The van der Waals surface area contributed by atoms with E-state index in [1.807, 2.05) is 19.1 Å². The summed E-state index contributed by atoms with van der Waals surface area (Å²) in [5.74, 6) is 1.10. The molecule has 2 aromatic rings. The molecule has 1 fully saturated rings. The standard InChI is InChI=1S/C22H26ClN3O3/c1-16-5-2-12-24-21(16)25-22(28)17-6-3-13-26(15-17)20(27)7-4-14-29-19-10-8-18(23)9-11-19/h2,5,8-12,17H,3-4,6-7,13-15H2,1H3,(H,24,25,28). The number of halogens is 1. The second kappa shape index (κ2) is 10.3. The van der Waals surface area contributed by atoms with Crippen LogP contribution in [0.3, 0.4) is 0 Å². The van der Waals surface area contributed by atoms with E-state index in [0.717, 1.165) is 24.2 Å². The lowest BCUT2D eigenvalue weighted by molar-refractivity contribution is -0.134. The molecule has 1 saturated heterocycles. The van der Waals surface area contributed by atoms with Crippen molar-refractivity contribution in [2.75, 3.05) is 25.0 Å². The molecule has 1 aliphatic rings. The number of benzene rings is 1. The molecule has 1 N–H and O–H groups in total. The van der Waals surface area contributed by atoms with Crippen LogP contribution in [-0.4, -0.2) is 41.4 Å². The minimum Gasteiger partial charge on any atom is -0.494 e. The lowest BCUT2D eigenvalue weighted by Crippen LogP contribution is -2.43. The predicted octanol–water partition coefficient (Wildman–Crippen LogP) is 4.08. The topological polar surface area (TPSA) is 71.5 Å². The van der Waals surface area contributed by atoms with E-state index in [-0.39, 0.29) is 17.7 Å². The molecule has 1 aromatic heterocycles. The molecule has 0 radical (unpaired) electrons. The normalized spacial score (nSPS) is 16.3. The number of carbonyl (C=O) groups is 2. The zero-order valence-corrected chi connectivity index (χ0v) is 17.3. The molecule has 2 amide bonds. The highest BCUT2D eigenvalue weighted by Crippen LogP contribution is 2.20. The third kappa shape index (κ3) is 6.19. The van der Waals surface area contributed by atoms with Crippen molar-refractivity contribution >= 4 is 29.2 Å². The van der Waals surface area contributed by atoms with Crippen LogP contribution in [0.1, 0.15) is 31.2 Å². The van der Waals surface area contributed by atoms with Crippen LogP contribution in [0.5, 0.6) is 5.75 Å². The number of hydrogen-bond donors (Lipinski definition) is 1. The Labute approximate surface area is 176 Å². The van der Waals surface area contributed by atoms with Crippen molar-refractivity contribution in [3.05, 3.63) is 53.2 Å². The number of piperidine rings is 1. The van der Waals surface area contributed by atoms with Gasteiger partial charge in [-0.2, -0.15) is 0 Å². The smallest absolute Gasteiger partial charge is 0.230 e. The quantitative estimate of drug-likeness (QED) is 0.691. The summed E-state index contributed by atoms with van der Waals surface area (Å²) < 4.78 is 5.64. The Kier molecular flexibility index (Phi) is 7.47. The number of nitrogens with one attached hydrogen (secondary N) is 1. The van der Waals surface area contributed by atoms with E-state index >= 15 is 0 Å². The lowest BCUT2D eigenvalue weighted by atomic mass is 9.96. The van der Waals surface area contributed by atoms with Crippen LogP contribution in [0.4, 0.5) is 5.82 Å². The first-order valence-corrected chi connectivity index (χ1v) is 10.3. The van der Waals surface area contributed by atoms with Gasteiger partial charge in [-0.15, -0.1) is 0 Å². The highest BCUT2D eigenvalue weighted by Gasteiger charge is 2.28. The predicted molar refractivity (Wildman–Crippen MR) is 113 cm³/mol. The fourth-order valence-corrected chi connectivity index (χ4v) is 3.48. The number of nitrogens with zero attached hydrogens (tertiary/aromatic N) is 2. The van der Waals surface area contributed by atoms with Crippen molar-refractivity contribution in [1.82, 2.24) is 9.88 Å². The average Bonchev–Trinajstić information content (AvgIpc) is 2.74. The molecule has 1 atom stereocenters. The number of rotatable bonds is 7. The summed E-state index contributed by atoms with van der Waals surface area (Å²) in [6, 6.07) is 10.9. The van der Waals surface area contributed by atoms with Crippen molar-refractivity contribution < 1.29 is 14.3 Å². The highest BCUT2D eigenvalue weighted by atomic mass is 35.5. The van der Waals surface area contributed by atoms with E-state index in [1.165, 1.54) is 0 Å². The summed E-state index contributed by atoms with van der Waals surface area (Å²) >= 11 is 5.85. The molecule has 0 bridgehead atoms. The third-order valence-corrected chi connectivity index (χ3v) is 5.27. The minimum atomic E-state index is -0.209. The van der Waals surface area contributed by atoms with Gasteiger partial charge in [0.1, 0.15) is 11.6 Å². The van der Waals surface area contributed by atoms with Gasteiger partial charge in [0.05, 0.1) is 12.5 Å². The molecule has 0 aliphatic carbocycles. The lowest BCUT2D eigenvalue weighted by Gasteiger charge is -2.32. The molecule has 0 spiro atoms. The van der Waals surface area contributed by atoms with Gasteiger partial charge >= 0.3 is 0 Å². The van der Waals surface area contributed by atoms with Gasteiger partial charge in [0.25, 0.3) is 0 Å². The molecular weight excluding hydrogens is 390 g/mol. The maximum Gasteiger partial charge on any atom is 0.230 e. The van der Waals surface area contributed by atoms with Crippen LogP contribution in [0.25, 0.3) is 0 Å². The van der Waals surface area contributed by atoms with E-state index in [1.54, 1.807) is 35.4 Å². The molecule has 2 heterocycles. The van der Waals surface area contributed by atoms with Gasteiger partial charge in [0.15, 0.2) is 0 Å². The van der Waals surface area contributed by atoms with E-state index in [2.05, 4.69) is 10.3 Å². The summed E-state index contributed by atoms with van der Waals surface area (Å²) in [6.45, 7) is 3.52. The number of likely N-dealkylation sites (tertiary alicyclic amines) is 1. The highest BCUT2D eigenvalue weighted by molar-refractivity contribution is 6.30. The van der Waals surface area contributed by atoms with Crippen molar-refractivity contribution in [1.29, 1.82) is 0 Å². The number of amides is 2.